The van der Waals surface area contributed by atoms with Gasteiger partial charge in [-0.3, -0.25) is 4.79 Å². The highest BCUT2D eigenvalue weighted by molar-refractivity contribution is 6.05. The molecule has 0 saturated carbocycles. The number of carbonyl (C=O) groups excluding carboxylic acids is 2. The Bertz CT molecular complexity index is 916. The fourth-order valence-corrected chi connectivity index (χ4v) is 2.46. The van der Waals surface area contributed by atoms with Crippen LogP contribution in [0.3, 0.4) is 0 Å². The Morgan fingerprint density at radius 1 is 1.12 bits per heavy atom. The van der Waals surface area contributed by atoms with Gasteiger partial charge in [0.15, 0.2) is 6.10 Å². The lowest BCUT2D eigenvalue weighted by atomic mass is 10.2. The predicted octanol–water partition coefficient (Wildman–Crippen LogP) is 3.36. The van der Waals surface area contributed by atoms with Crippen molar-refractivity contribution in [2.24, 2.45) is 0 Å². The third kappa shape index (κ3) is 3.63. The number of aromatic nitrogens is 1. The van der Waals surface area contributed by atoms with E-state index in [9.17, 15) is 9.59 Å². The molecule has 2 aromatic carbocycles. The van der Waals surface area contributed by atoms with Gasteiger partial charge < -0.3 is 19.8 Å². The van der Waals surface area contributed by atoms with Crippen LogP contribution in [0.1, 0.15) is 17.3 Å². The predicted molar refractivity (Wildman–Crippen MR) is 94.8 cm³/mol. The lowest BCUT2D eigenvalue weighted by Gasteiger charge is -2.13. The van der Waals surface area contributed by atoms with Gasteiger partial charge in [0.25, 0.3) is 5.91 Å². The second-order valence-electron chi connectivity index (χ2n) is 5.52. The maximum absolute atomic E-state index is 12.3. The van der Waals surface area contributed by atoms with Crippen molar-refractivity contribution in [1.29, 1.82) is 0 Å². The molecule has 0 saturated heterocycles. The van der Waals surface area contributed by atoms with Crippen LogP contribution in [0.5, 0.6) is 5.75 Å². The number of methoxy groups -OCH3 is 1. The molecule has 1 heterocycles. The first kappa shape index (κ1) is 16.6. The molecule has 0 radical (unpaired) electrons. The highest BCUT2D eigenvalue weighted by atomic mass is 16.5. The highest BCUT2D eigenvalue weighted by Gasteiger charge is 2.21. The Morgan fingerprint density at radius 3 is 2.72 bits per heavy atom. The number of carbonyl (C=O) groups is 2. The minimum absolute atomic E-state index is 0.400. The number of para-hydroxylation sites is 1. The Kier molecular flexibility index (Phi) is 4.70. The maximum Gasteiger partial charge on any atom is 0.341 e. The Hall–Kier alpha value is -3.28. The summed E-state index contributed by atoms with van der Waals surface area (Å²) in [5.41, 5.74) is 1.80. The highest BCUT2D eigenvalue weighted by Crippen LogP contribution is 2.20. The van der Waals surface area contributed by atoms with Gasteiger partial charge in [0.2, 0.25) is 0 Å². The summed E-state index contributed by atoms with van der Waals surface area (Å²) >= 11 is 0. The zero-order chi connectivity index (χ0) is 17.8. The number of anilines is 1. The summed E-state index contributed by atoms with van der Waals surface area (Å²) in [6.45, 7) is 1.53. The molecule has 1 aromatic heterocycles. The van der Waals surface area contributed by atoms with Gasteiger partial charge in [-0.1, -0.05) is 24.3 Å². The lowest BCUT2D eigenvalue weighted by Crippen LogP contribution is -2.29. The molecule has 0 bridgehead atoms. The molecule has 6 heteroatoms. The van der Waals surface area contributed by atoms with Gasteiger partial charge in [-0.2, -0.15) is 0 Å². The number of amides is 1. The van der Waals surface area contributed by atoms with Crippen LogP contribution in [0.25, 0.3) is 10.9 Å². The minimum atomic E-state index is -0.938. The smallest absolute Gasteiger partial charge is 0.341 e. The van der Waals surface area contributed by atoms with Crippen LogP contribution in [-0.2, 0) is 9.53 Å². The quantitative estimate of drug-likeness (QED) is 0.699. The van der Waals surface area contributed by atoms with Gasteiger partial charge in [-0.15, -0.1) is 0 Å². The summed E-state index contributed by atoms with van der Waals surface area (Å²) in [6.07, 6.45) is 0.645. The number of nitrogens with one attached hydrogen (secondary N) is 2. The van der Waals surface area contributed by atoms with E-state index in [1.54, 1.807) is 37.6 Å². The first-order chi connectivity index (χ1) is 12.1. The summed E-state index contributed by atoms with van der Waals surface area (Å²) in [5, 5.41) is 3.46. The van der Waals surface area contributed by atoms with E-state index in [-0.39, 0.29) is 0 Å². The van der Waals surface area contributed by atoms with E-state index in [4.69, 9.17) is 9.47 Å². The average molecular weight is 338 g/mol. The molecule has 128 valence electrons. The van der Waals surface area contributed by atoms with E-state index in [0.717, 1.165) is 10.9 Å². The van der Waals surface area contributed by atoms with Gasteiger partial charge in [-0.25, -0.2) is 4.79 Å². The molecular weight excluding hydrogens is 320 g/mol. The number of hydrogen-bond donors (Lipinski definition) is 2. The monoisotopic (exact) mass is 338 g/mol. The van der Waals surface area contributed by atoms with Crippen LogP contribution >= 0.6 is 0 Å². The molecule has 0 spiro atoms. The zero-order valence-corrected chi connectivity index (χ0v) is 13.9. The van der Waals surface area contributed by atoms with Crippen LogP contribution < -0.4 is 10.1 Å². The molecule has 0 aliphatic carbocycles. The third-order valence-electron chi connectivity index (χ3n) is 3.80. The van der Waals surface area contributed by atoms with Crippen molar-refractivity contribution in [2.45, 2.75) is 13.0 Å². The molecule has 25 heavy (non-hydrogen) atoms. The van der Waals surface area contributed by atoms with Crippen molar-refractivity contribution in [2.75, 3.05) is 12.4 Å². The van der Waals surface area contributed by atoms with Gasteiger partial charge in [0.05, 0.1) is 12.7 Å². The second kappa shape index (κ2) is 7.09. The number of hydrogen-bond acceptors (Lipinski definition) is 4. The summed E-state index contributed by atoms with van der Waals surface area (Å²) in [4.78, 5) is 27.6. The molecule has 1 amide bonds. The van der Waals surface area contributed by atoms with Crippen molar-refractivity contribution in [3.05, 3.63) is 60.3 Å². The molecule has 1 atom stereocenters. The number of aromatic amines is 1. The molecule has 0 fully saturated rings. The standard InChI is InChI=1S/C19H18N2O4/c1-12(18(22)21-13-6-5-7-14(10-13)24-2)25-19(23)16-11-20-17-9-4-3-8-15(16)17/h3-12,20H,1-2H3,(H,21,22)/t12-/m0/s1. The molecule has 6 nitrogen and oxygen atoms in total. The van der Waals surface area contributed by atoms with Crippen molar-refractivity contribution in [3.63, 3.8) is 0 Å². The molecule has 2 N–H and O–H groups in total. The van der Waals surface area contributed by atoms with Crippen molar-refractivity contribution in [3.8, 4) is 5.75 Å². The van der Waals surface area contributed by atoms with Crippen molar-refractivity contribution < 1.29 is 19.1 Å². The third-order valence-corrected chi connectivity index (χ3v) is 3.80. The summed E-state index contributed by atoms with van der Waals surface area (Å²) in [5.74, 6) is -0.339. The molecule has 3 aromatic rings. The van der Waals surface area contributed by atoms with Gasteiger partial charge in [0, 0.05) is 28.9 Å². The van der Waals surface area contributed by atoms with E-state index < -0.39 is 18.0 Å². The molecular formula is C19H18N2O4. The fraction of sp³-hybridized carbons (Fsp3) is 0.158. The summed E-state index contributed by atoms with van der Waals surface area (Å²) in [6, 6.07) is 14.4. The number of fused-ring (bicyclic) bond motifs is 1. The number of rotatable bonds is 5. The van der Waals surface area contributed by atoms with Crippen LogP contribution in [0.4, 0.5) is 5.69 Å². The Morgan fingerprint density at radius 2 is 1.92 bits per heavy atom. The van der Waals surface area contributed by atoms with Crippen LogP contribution in [0.2, 0.25) is 0 Å². The van der Waals surface area contributed by atoms with Gasteiger partial charge >= 0.3 is 5.97 Å². The largest absolute Gasteiger partial charge is 0.497 e. The zero-order valence-electron chi connectivity index (χ0n) is 13.9. The summed E-state index contributed by atoms with van der Waals surface area (Å²) in [7, 11) is 1.55. The van der Waals surface area contributed by atoms with Crippen molar-refractivity contribution in [1.82, 2.24) is 4.98 Å². The lowest BCUT2D eigenvalue weighted by molar-refractivity contribution is -0.123. The fourth-order valence-electron chi connectivity index (χ4n) is 2.46. The van der Waals surface area contributed by atoms with Crippen LogP contribution in [0, 0.1) is 0 Å². The van der Waals surface area contributed by atoms with Crippen molar-refractivity contribution >= 4 is 28.5 Å². The molecule has 3 rings (SSSR count). The normalized spacial score (nSPS) is 11.8. The summed E-state index contributed by atoms with van der Waals surface area (Å²) < 4.78 is 10.4. The van der Waals surface area contributed by atoms with Gasteiger partial charge in [-0.05, 0) is 25.1 Å². The minimum Gasteiger partial charge on any atom is -0.497 e. The van der Waals surface area contributed by atoms with E-state index >= 15 is 0 Å². The number of ether oxygens (including phenoxy) is 2. The first-order valence-corrected chi connectivity index (χ1v) is 7.80. The number of esters is 1. The number of H-pyrrole nitrogens is 1. The SMILES string of the molecule is COc1cccc(NC(=O)[C@H](C)OC(=O)c2c[nH]c3ccccc23)c1. The molecule has 0 unspecified atom stereocenters. The van der Waals surface area contributed by atoms with E-state index in [1.807, 2.05) is 24.3 Å². The van der Waals surface area contributed by atoms with Crippen LogP contribution in [0.15, 0.2) is 54.7 Å². The first-order valence-electron chi connectivity index (χ1n) is 7.80. The number of benzene rings is 2. The van der Waals surface area contributed by atoms with E-state index in [2.05, 4.69) is 10.3 Å². The average Bonchev–Trinajstić information content (AvgIpc) is 3.06. The van der Waals surface area contributed by atoms with Crippen LogP contribution in [-0.4, -0.2) is 30.1 Å². The molecule has 0 aliphatic rings. The second-order valence-corrected chi connectivity index (χ2v) is 5.52. The maximum atomic E-state index is 12.3. The van der Waals surface area contributed by atoms with Gasteiger partial charge in [0.1, 0.15) is 5.75 Å². The molecule has 0 aliphatic heterocycles. The van der Waals surface area contributed by atoms with E-state index in [0.29, 0.717) is 17.0 Å². The topological polar surface area (TPSA) is 80.4 Å². The Balaban J connectivity index is 1.67. The Labute approximate surface area is 144 Å². The van der Waals surface area contributed by atoms with E-state index in [1.165, 1.54) is 6.92 Å².